The van der Waals surface area contributed by atoms with Gasteiger partial charge in [0.05, 0.1) is 12.4 Å². The molecule has 0 aliphatic rings. The van der Waals surface area contributed by atoms with Gasteiger partial charge in [0, 0.05) is 19.1 Å². The van der Waals surface area contributed by atoms with Crippen molar-refractivity contribution in [2.75, 3.05) is 25.6 Å². The number of aromatic nitrogens is 2. The molecule has 1 rings (SSSR count). The molecule has 0 aliphatic carbocycles. The molecule has 1 heterocycles. The molecule has 1 unspecified atom stereocenters. The maximum Gasteiger partial charge on any atom is 0.243 e. The predicted molar refractivity (Wildman–Crippen MR) is 77.4 cm³/mol. The summed E-state index contributed by atoms with van der Waals surface area (Å²) >= 11 is 0. The number of rotatable bonds is 8. The monoisotopic (exact) mass is 302 g/mol. The summed E-state index contributed by atoms with van der Waals surface area (Å²) in [6, 6.07) is 0.415. The van der Waals surface area contributed by atoms with E-state index in [1.54, 1.807) is 0 Å². The molecule has 0 saturated carbocycles. The molecule has 0 fully saturated rings. The van der Waals surface area contributed by atoms with E-state index in [-0.39, 0.29) is 10.8 Å². The number of hydrogen-bond donors (Lipinski definition) is 3. The maximum atomic E-state index is 12.0. The second-order valence-corrected chi connectivity index (χ2v) is 6.29. The number of hydrogen-bond acceptors (Lipinski definition) is 7. The zero-order chi connectivity index (χ0) is 15.2. The summed E-state index contributed by atoms with van der Waals surface area (Å²) in [6.45, 7) is 5.16. The fourth-order valence-electron chi connectivity index (χ4n) is 1.50. The molecule has 0 amide bonds. The van der Waals surface area contributed by atoms with Gasteiger partial charge in [-0.3, -0.25) is 5.43 Å². The number of likely N-dealkylation sites (N-methyl/N-ethyl adjacent to an activating group) is 1. The molecular weight excluding hydrogens is 280 g/mol. The molecule has 114 valence electrons. The van der Waals surface area contributed by atoms with Crippen LogP contribution in [0.25, 0.3) is 0 Å². The van der Waals surface area contributed by atoms with Crippen LogP contribution in [0.3, 0.4) is 0 Å². The molecular formula is C11H22N6O2S. The van der Waals surface area contributed by atoms with Crippen LogP contribution >= 0.6 is 0 Å². The second kappa shape index (κ2) is 7.48. The highest BCUT2D eigenvalue weighted by Gasteiger charge is 2.15. The fourth-order valence-corrected chi connectivity index (χ4v) is 2.41. The Labute approximate surface area is 119 Å². The molecule has 4 N–H and O–H groups in total. The number of hydrazine groups is 1. The van der Waals surface area contributed by atoms with Gasteiger partial charge >= 0.3 is 0 Å². The molecule has 0 aromatic carbocycles. The van der Waals surface area contributed by atoms with Crippen LogP contribution in [0, 0.1) is 0 Å². The Hall–Kier alpha value is -1.29. The lowest BCUT2D eigenvalue weighted by Crippen LogP contribution is -2.37. The second-order valence-electron chi connectivity index (χ2n) is 4.52. The Balaban J connectivity index is 2.57. The topological polar surface area (TPSA) is 113 Å². The van der Waals surface area contributed by atoms with Crippen molar-refractivity contribution in [3.63, 3.8) is 0 Å². The predicted octanol–water partition coefficient (Wildman–Crippen LogP) is -0.229. The first-order valence-corrected chi connectivity index (χ1v) is 7.87. The van der Waals surface area contributed by atoms with E-state index in [0.29, 0.717) is 19.1 Å². The minimum atomic E-state index is -3.58. The average molecular weight is 302 g/mol. The standard InChI is InChI=1S/C11H22N6O2S/c1-4-9(2)17(3)6-5-15-20(18,19)10-7-13-11(16-12)14-8-10/h7-9,15H,4-6,12H2,1-3H3,(H,13,14,16). The molecule has 0 radical (unpaired) electrons. The van der Waals surface area contributed by atoms with Crippen molar-refractivity contribution in [2.45, 2.75) is 31.2 Å². The van der Waals surface area contributed by atoms with Crippen LogP contribution in [0.4, 0.5) is 5.95 Å². The molecule has 8 nitrogen and oxygen atoms in total. The smallest absolute Gasteiger partial charge is 0.243 e. The Kier molecular flexibility index (Phi) is 6.27. The van der Waals surface area contributed by atoms with Gasteiger partial charge in [0.2, 0.25) is 16.0 Å². The van der Waals surface area contributed by atoms with Gasteiger partial charge in [-0.1, -0.05) is 6.92 Å². The number of anilines is 1. The van der Waals surface area contributed by atoms with Gasteiger partial charge < -0.3 is 4.90 Å². The molecule has 9 heteroatoms. The van der Waals surface area contributed by atoms with Crippen LogP contribution in [0.1, 0.15) is 20.3 Å². The third-order valence-corrected chi connectivity index (χ3v) is 4.58. The van der Waals surface area contributed by atoms with Gasteiger partial charge in [-0.25, -0.2) is 29.0 Å². The average Bonchev–Trinajstić information content (AvgIpc) is 2.46. The van der Waals surface area contributed by atoms with Gasteiger partial charge in [0.25, 0.3) is 0 Å². The van der Waals surface area contributed by atoms with E-state index in [1.165, 1.54) is 12.4 Å². The summed E-state index contributed by atoms with van der Waals surface area (Å²) in [7, 11) is -1.62. The minimum absolute atomic E-state index is 0.0164. The van der Waals surface area contributed by atoms with Crippen molar-refractivity contribution in [1.29, 1.82) is 0 Å². The van der Waals surface area contributed by atoms with E-state index in [1.807, 2.05) is 7.05 Å². The Morgan fingerprint density at radius 3 is 2.50 bits per heavy atom. The number of sulfonamides is 1. The third-order valence-electron chi connectivity index (χ3n) is 3.17. The highest BCUT2D eigenvalue weighted by Crippen LogP contribution is 2.06. The van der Waals surface area contributed by atoms with Crippen molar-refractivity contribution in [3.05, 3.63) is 12.4 Å². The lowest BCUT2D eigenvalue weighted by atomic mass is 10.2. The number of nitrogens with two attached hydrogens (primary N) is 1. The molecule has 0 spiro atoms. The summed E-state index contributed by atoms with van der Waals surface area (Å²) < 4.78 is 26.5. The normalized spacial score (nSPS) is 13.4. The lowest BCUT2D eigenvalue weighted by Gasteiger charge is -2.23. The third kappa shape index (κ3) is 4.67. The number of nitrogens with zero attached hydrogens (tertiary/aromatic N) is 3. The van der Waals surface area contributed by atoms with Crippen molar-refractivity contribution in [1.82, 2.24) is 19.6 Å². The SMILES string of the molecule is CCC(C)N(C)CCNS(=O)(=O)c1cnc(NN)nc1. The summed E-state index contributed by atoms with van der Waals surface area (Å²) in [6.07, 6.45) is 3.44. The quantitative estimate of drug-likeness (QED) is 0.449. The van der Waals surface area contributed by atoms with E-state index in [9.17, 15) is 8.42 Å². The van der Waals surface area contributed by atoms with Crippen LogP contribution in [0.5, 0.6) is 0 Å². The summed E-state index contributed by atoms with van der Waals surface area (Å²) in [5, 5.41) is 0. The summed E-state index contributed by atoms with van der Waals surface area (Å²) in [5.74, 6) is 5.29. The Bertz CT molecular complexity index is 504. The van der Waals surface area contributed by atoms with Gasteiger partial charge in [-0.15, -0.1) is 0 Å². The highest BCUT2D eigenvalue weighted by molar-refractivity contribution is 7.89. The molecule has 20 heavy (non-hydrogen) atoms. The van der Waals surface area contributed by atoms with Gasteiger partial charge in [-0.2, -0.15) is 0 Å². The molecule has 0 saturated heterocycles. The first-order valence-electron chi connectivity index (χ1n) is 6.39. The first-order chi connectivity index (χ1) is 9.40. The molecule has 0 aliphatic heterocycles. The molecule has 1 atom stereocenters. The number of nitrogen functional groups attached to an aromatic ring is 1. The van der Waals surface area contributed by atoms with Gasteiger partial charge in [0.1, 0.15) is 4.90 Å². The molecule has 0 bridgehead atoms. The molecule has 1 aromatic heterocycles. The molecule has 1 aromatic rings. The van der Waals surface area contributed by atoms with E-state index in [0.717, 1.165) is 6.42 Å². The Morgan fingerprint density at radius 1 is 1.40 bits per heavy atom. The van der Waals surface area contributed by atoms with Gasteiger partial charge in [-0.05, 0) is 20.4 Å². The minimum Gasteiger partial charge on any atom is -0.302 e. The lowest BCUT2D eigenvalue weighted by molar-refractivity contribution is 0.256. The fraction of sp³-hybridized carbons (Fsp3) is 0.636. The van der Waals surface area contributed by atoms with Crippen LogP contribution in [0.15, 0.2) is 17.3 Å². The van der Waals surface area contributed by atoms with Crippen molar-refractivity contribution >= 4 is 16.0 Å². The Morgan fingerprint density at radius 2 is 2.00 bits per heavy atom. The van der Waals surface area contributed by atoms with Crippen LogP contribution < -0.4 is 16.0 Å². The largest absolute Gasteiger partial charge is 0.302 e. The van der Waals surface area contributed by atoms with E-state index in [2.05, 4.69) is 38.9 Å². The van der Waals surface area contributed by atoms with Crippen molar-refractivity contribution in [2.24, 2.45) is 5.84 Å². The van der Waals surface area contributed by atoms with E-state index >= 15 is 0 Å². The van der Waals surface area contributed by atoms with Crippen LogP contribution in [0.2, 0.25) is 0 Å². The van der Waals surface area contributed by atoms with E-state index in [4.69, 9.17) is 5.84 Å². The van der Waals surface area contributed by atoms with E-state index < -0.39 is 10.0 Å². The van der Waals surface area contributed by atoms with Crippen molar-refractivity contribution < 1.29 is 8.42 Å². The number of nitrogens with one attached hydrogen (secondary N) is 2. The summed E-state index contributed by atoms with van der Waals surface area (Å²) in [5.41, 5.74) is 2.24. The first kappa shape index (κ1) is 16.8. The maximum absolute atomic E-state index is 12.0. The highest BCUT2D eigenvalue weighted by atomic mass is 32.2. The summed E-state index contributed by atoms with van der Waals surface area (Å²) in [4.78, 5) is 9.66. The zero-order valence-corrected chi connectivity index (χ0v) is 12.8. The van der Waals surface area contributed by atoms with Gasteiger partial charge in [0.15, 0.2) is 0 Å². The van der Waals surface area contributed by atoms with Crippen LogP contribution in [-0.2, 0) is 10.0 Å². The van der Waals surface area contributed by atoms with Crippen molar-refractivity contribution in [3.8, 4) is 0 Å². The zero-order valence-electron chi connectivity index (χ0n) is 12.0. The van der Waals surface area contributed by atoms with Crippen LogP contribution in [-0.4, -0.2) is 49.5 Å².